The Kier molecular flexibility index (Phi) is 6.58. The van der Waals surface area contributed by atoms with E-state index in [0.29, 0.717) is 6.54 Å². The Balaban J connectivity index is 0.000000377. The molecule has 2 aromatic carbocycles. The van der Waals surface area contributed by atoms with Gasteiger partial charge in [-0.2, -0.15) is 0 Å². The van der Waals surface area contributed by atoms with Crippen molar-refractivity contribution in [2.75, 3.05) is 12.1 Å². The summed E-state index contributed by atoms with van der Waals surface area (Å²) in [6.45, 7) is 0.995. The van der Waals surface area contributed by atoms with E-state index in [9.17, 15) is 0 Å². The van der Waals surface area contributed by atoms with Gasteiger partial charge in [-0.15, -0.1) is 0 Å². The van der Waals surface area contributed by atoms with Crippen LogP contribution in [0, 0.1) is 0 Å². The topological polar surface area (TPSA) is 123 Å². The van der Waals surface area contributed by atoms with Crippen molar-refractivity contribution in [2.24, 2.45) is 7.05 Å². The van der Waals surface area contributed by atoms with Gasteiger partial charge in [0.1, 0.15) is 0 Å². The highest BCUT2D eigenvalue weighted by Crippen LogP contribution is 2.36. The predicted octanol–water partition coefficient (Wildman–Crippen LogP) is 3.35. The molecule has 0 radical (unpaired) electrons. The van der Waals surface area contributed by atoms with E-state index in [1.807, 2.05) is 48.1 Å². The number of carbonyl (C=O) groups is 2. The summed E-state index contributed by atoms with van der Waals surface area (Å²) in [6.07, 6.45) is 1.86. The number of aliphatic carboxylic acids is 2. The van der Waals surface area contributed by atoms with Crippen LogP contribution in [0.4, 0.5) is 5.95 Å². The van der Waals surface area contributed by atoms with Gasteiger partial charge in [-0.3, -0.25) is 0 Å². The van der Waals surface area contributed by atoms with Crippen molar-refractivity contribution in [3.05, 3.63) is 58.7 Å². The molecule has 0 saturated carbocycles. The van der Waals surface area contributed by atoms with Crippen LogP contribution in [0.3, 0.4) is 0 Å². The van der Waals surface area contributed by atoms with Gasteiger partial charge in [-0.25, -0.2) is 14.6 Å². The molecular weight excluding hydrogens is 458 g/mol. The minimum atomic E-state index is -1.82. The van der Waals surface area contributed by atoms with Crippen molar-refractivity contribution in [1.82, 2.24) is 9.55 Å². The monoisotopic (exact) mass is 475 g/mol. The second kappa shape index (κ2) is 9.31. The summed E-state index contributed by atoms with van der Waals surface area (Å²) >= 11 is 3.49. The number of carboxylic acids is 2. The van der Waals surface area contributed by atoms with E-state index in [2.05, 4.69) is 38.4 Å². The maximum Gasteiger partial charge on any atom is 0.414 e. The number of halogens is 1. The summed E-state index contributed by atoms with van der Waals surface area (Å²) < 4.78 is 13.9. The zero-order valence-electron chi connectivity index (χ0n) is 15.8. The lowest BCUT2D eigenvalue weighted by Gasteiger charge is -2.09. The minimum Gasteiger partial charge on any atom is -0.473 e. The number of rotatable bonds is 4. The molecule has 3 N–H and O–H groups in total. The van der Waals surface area contributed by atoms with E-state index in [1.165, 1.54) is 5.56 Å². The van der Waals surface area contributed by atoms with Gasteiger partial charge in [0.15, 0.2) is 11.5 Å². The zero-order chi connectivity index (χ0) is 21.7. The highest BCUT2D eigenvalue weighted by Gasteiger charge is 2.16. The standard InChI is InChI=1S/C18H16BrN3O2.C2H2O4/c1-22-15(13-5-6-16-17(8-13)24-11-23-16)10-21-18(22)20-9-12-3-2-4-14(19)7-12;3-1(4)2(5)6/h2-8,10H,9,11H2,1H3,(H,20,21);(H,3,4)(H,5,6). The number of ether oxygens (including phenoxy) is 2. The van der Waals surface area contributed by atoms with Crippen LogP contribution in [0.2, 0.25) is 0 Å². The van der Waals surface area contributed by atoms with Gasteiger partial charge < -0.3 is 29.6 Å². The van der Waals surface area contributed by atoms with Crippen LogP contribution >= 0.6 is 15.9 Å². The average molecular weight is 476 g/mol. The first kappa shape index (κ1) is 21.2. The van der Waals surface area contributed by atoms with Gasteiger partial charge in [0.05, 0.1) is 11.9 Å². The fourth-order valence-corrected chi connectivity index (χ4v) is 3.17. The van der Waals surface area contributed by atoms with Gasteiger partial charge in [0.2, 0.25) is 12.7 Å². The van der Waals surface area contributed by atoms with Gasteiger partial charge in [0, 0.05) is 23.6 Å². The number of hydrogen-bond acceptors (Lipinski definition) is 6. The molecule has 0 amide bonds. The second-order valence-electron chi connectivity index (χ2n) is 6.19. The third-order valence-corrected chi connectivity index (χ3v) is 4.67. The maximum absolute atomic E-state index is 9.10. The number of imidazole rings is 1. The number of aromatic nitrogens is 2. The smallest absolute Gasteiger partial charge is 0.414 e. The van der Waals surface area contributed by atoms with Crippen LogP contribution in [0.15, 0.2) is 53.1 Å². The Labute approximate surface area is 180 Å². The van der Waals surface area contributed by atoms with Gasteiger partial charge in [0.25, 0.3) is 0 Å². The van der Waals surface area contributed by atoms with E-state index in [1.54, 1.807) is 0 Å². The van der Waals surface area contributed by atoms with E-state index in [-0.39, 0.29) is 6.79 Å². The molecule has 9 nitrogen and oxygen atoms in total. The molecule has 1 aliphatic heterocycles. The molecule has 0 fully saturated rings. The van der Waals surface area contributed by atoms with Crippen LogP contribution in [0.25, 0.3) is 11.3 Å². The summed E-state index contributed by atoms with van der Waals surface area (Å²) in [7, 11) is 2.00. The molecule has 0 atom stereocenters. The average Bonchev–Trinajstić information content (AvgIpc) is 3.32. The summed E-state index contributed by atoms with van der Waals surface area (Å²) in [4.78, 5) is 22.7. The molecule has 0 unspecified atom stereocenters. The number of carboxylic acid groups (broad SMARTS) is 2. The van der Waals surface area contributed by atoms with Crippen molar-refractivity contribution < 1.29 is 29.3 Å². The molecule has 0 saturated heterocycles. The third-order valence-electron chi connectivity index (χ3n) is 4.18. The van der Waals surface area contributed by atoms with Crippen LogP contribution < -0.4 is 14.8 Å². The fourth-order valence-electron chi connectivity index (χ4n) is 2.73. The Bertz CT molecular complexity index is 1070. The van der Waals surface area contributed by atoms with Crippen LogP contribution in [0.1, 0.15) is 5.56 Å². The van der Waals surface area contributed by atoms with E-state index in [4.69, 9.17) is 29.3 Å². The lowest BCUT2D eigenvalue weighted by molar-refractivity contribution is -0.159. The van der Waals surface area contributed by atoms with Crippen LogP contribution in [-0.2, 0) is 23.2 Å². The highest BCUT2D eigenvalue weighted by molar-refractivity contribution is 9.10. The number of benzene rings is 2. The van der Waals surface area contributed by atoms with Crippen molar-refractivity contribution in [3.8, 4) is 22.8 Å². The Morgan fingerprint density at radius 2 is 1.87 bits per heavy atom. The number of nitrogens with zero attached hydrogens (tertiary/aromatic N) is 2. The zero-order valence-corrected chi connectivity index (χ0v) is 17.4. The number of hydrogen-bond donors (Lipinski definition) is 3. The van der Waals surface area contributed by atoms with E-state index < -0.39 is 11.9 Å². The minimum absolute atomic E-state index is 0.281. The molecular formula is C20H18BrN3O6. The molecule has 3 aromatic rings. The quantitative estimate of drug-likeness (QED) is 0.490. The third kappa shape index (κ3) is 5.09. The summed E-state index contributed by atoms with van der Waals surface area (Å²) in [6, 6.07) is 14.1. The van der Waals surface area contributed by atoms with Crippen molar-refractivity contribution in [2.45, 2.75) is 6.54 Å². The fraction of sp³-hybridized carbons (Fsp3) is 0.150. The molecule has 1 aliphatic rings. The first-order valence-electron chi connectivity index (χ1n) is 8.71. The van der Waals surface area contributed by atoms with Crippen LogP contribution in [0.5, 0.6) is 11.5 Å². The number of nitrogens with one attached hydrogen (secondary N) is 1. The first-order chi connectivity index (χ1) is 14.3. The Hall–Kier alpha value is -3.53. The SMILES string of the molecule is Cn1c(-c2ccc3c(c2)OCO3)cnc1NCc1cccc(Br)c1.O=C(O)C(=O)O. The summed E-state index contributed by atoms with van der Waals surface area (Å²) in [5.41, 5.74) is 3.26. The first-order valence-corrected chi connectivity index (χ1v) is 9.50. The number of fused-ring (bicyclic) bond motifs is 1. The van der Waals surface area contributed by atoms with Crippen molar-refractivity contribution in [3.63, 3.8) is 0 Å². The maximum atomic E-state index is 9.10. The summed E-state index contributed by atoms with van der Waals surface area (Å²) in [5, 5.41) is 18.2. The van der Waals surface area contributed by atoms with E-state index in [0.717, 1.165) is 33.2 Å². The van der Waals surface area contributed by atoms with Gasteiger partial charge in [-0.1, -0.05) is 28.1 Å². The predicted molar refractivity (Wildman–Crippen MR) is 112 cm³/mol. The molecule has 1 aromatic heterocycles. The second-order valence-corrected chi connectivity index (χ2v) is 7.10. The van der Waals surface area contributed by atoms with E-state index >= 15 is 0 Å². The highest BCUT2D eigenvalue weighted by atomic mass is 79.9. The molecule has 0 spiro atoms. The molecule has 156 valence electrons. The molecule has 4 rings (SSSR count). The lowest BCUT2D eigenvalue weighted by atomic mass is 10.1. The Morgan fingerprint density at radius 3 is 2.57 bits per heavy atom. The normalized spacial score (nSPS) is 11.4. The lowest BCUT2D eigenvalue weighted by Crippen LogP contribution is -2.09. The number of anilines is 1. The molecule has 2 heterocycles. The summed E-state index contributed by atoms with van der Waals surface area (Å²) in [5.74, 6) is -1.26. The Morgan fingerprint density at radius 1 is 1.13 bits per heavy atom. The molecule has 0 aliphatic carbocycles. The molecule has 30 heavy (non-hydrogen) atoms. The van der Waals surface area contributed by atoms with Crippen molar-refractivity contribution >= 4 is 33.8 Å². The molecule has 0 bridgehead atoms. The van der Waals surface area contributed by atoms with Gasteiger partial charge in [-0.05, 0) is 35.9 Å². The molecule has 10 heteroatoms. The largest absolute Gasteiger partial charge is 0.473 e. The van der Waals surface area contributed by atoms with Crippen molar-refractivity contribution in [1.29, 1.82) is 0 Å². The van der Waals surface area contributed by atoms with Gasteiger partial charge >= 0.3 is 11.9 Å². The van der Waals surface area contributed by atoms with Crippen LogP contribution in [-0.4, -0.2) is 38.5 Å².